The summed E-state index contributed by atoms with van der Waals surface area (Å²) in [5.41, 5.74) is 10.7. The molecule has 3 unspecified atom stereocenters. The number of guanidine groups is 1. The zero-order valence-corrected chi connectivity index (χ0v) is 17.0. The van der Waals surface area contributed by atoms with Gasteiger partial charge in [0.2, 0.25) is 0 Å². The maximum atomic E-state index is 6.33. The average Bonchev–Trinajstić information content (AvgIpc) is 2.97. The summed E-state index contributed by atoms with van der Waals surface area (Å²) >= 11 is 0. The molecule has 3 N–H and O–H groups in total. The molecule has 1 aliphatic heterocycles. The molecule has 3 fully saturated rings. The molecule has 0 aromatic heterocycles. The van der Waals surface area contributed by atoms with Gasteiger partial charge >= 0.3 is 0 Å². The number of rotatable bonds is 2. The van der Waals surface area contributed by atoms with Crippen LogP contribution in [0.1, 0.15) is 49.7 Å². The number of hydrogen-bond acceptors (Lipinski definition) is 2. The van der Waals surface area contributed by atoms with E-state index in [-0.39, 0.29) is 24.0 Å². The second kappa shape index (κ2) is 6.72. The molecule has 1 aromatic carbocycles. The Morgan fingerprint density at radius 3 is 2.84 bits per heavy atom. The number of hydrogen-bond donors (Lipinski definition) is 2. The summed E-state index contributed by atoms with van der Waals surface area (Å²) in [7, 11) is 0. The average molecular weight is 453 g/mol. The van der Waals surface area contributed by atoms with E-state index < -0.39 is 0 Å². The Morgan fingerprint density at radius 2 is 2.04 bits per heavy atom. The van der Waals surface area contributed by atoms with Crippen LogP contribution in [0.15, 0.2) is 23.2 Å². The zero-order valence-electron chi connectivity index (χ0n) is 14.7. The highest BCUT2D eigenvalue weighted by molar-refractivity contribution is 14.0. The van der Waals surface area contributed by atoms with E-state index in [0.29, 0.717) is 29.4 Å². The fourth-order valence-electron chi connectivity index (χ4n) is 5.61. The van der Waals surface area contributed by atoms with E-state index in [9.17, 15) is 0 Å². The van der Waals surface area contributed by atoms with Gasteiger partial charge in [-0.3, -0.25) is 0 Å². The first-order valence-electron chi connectivity index (χ1n) is 9.61. The van der Waals surface area contributed by atoms with Gasteiger partial charge in [-0.15, -0.1) is 24.0 Å². The molecule has 1 heterocycles. The number of anilines is 1. The minimum atomic E-state index is 0. The van der Waals surface area contributed by atoms with Gasteiger partial charge in [0.25, 0.3) is 0 Å². The monoisotopic (exact) mass is 453 g/mol. The van der Waals surface area contributed by atoms with Crippen molar-refractivity contribution in [3.63, 3.8) is 0 Å². The molecule has 3 atom stereocenters. The molecule has 0 amide bonds. The highest BCUT2D eigenvalue weighted by Crippen LogP contribution is 2.64. The predicted molar refractivity (Wildman–Crippen MR) is 112 cm³/mol. The van der Waals surface area contributed by atoms with Crippen molar-refractivity contribution in [2.75, 3.05) is 11.9 Å². The number of nitrogens with zero attached hydrogens (tertiary/aromatic N) is 1. The lowest BCUT2D eigenvalue weighted by Crippen LogP contribution is -2.65. The molecule has 5 heteroatoms. The number of nitrogens with two attached hydrogens (primary N) is 1. The fourth-order valence-corrected chi connectivity index (χ4v) is 5.61. The highest BCUT2D eigenvalue weighted by Gasteiger charge is 2.66. The summed E-state index contributed by atoms with van der Waals surface area (Å²) in [6, 6.07) is 6.90. The van der Waals surface area contributed by atoms with Gasteiger partial charge in [-0.25, -0.2) is 4.99 Å². The Kier molecular flexibility index (Phi) is 4.73. The Labute approximate surface area is 167 Å². The van der Waals surface area contributed by atoms with Gasteiger partial charge < -0.3 is 15.8 Å². The van der Waals surface area contributed by atoms with Gasteiger partial charge in [-0.05, 0) is 62.1 Å². The third-order valence-electron chi connectivity index (χ3n) is 6.92. The Bertz CT molecular complexity index is 686. The molecule has 1 saturated heterocycles. The van der Waals surface area contributed by atoms with Crippen LogP contribution >= 0.6 is 24.0 Å². The third-order valence-corrected chi connectivity index (χ3v) is 6.92. The number of halogens is 1. The smallest absolute Gasteiger partial charge is 0.193 e. The van der Waals surface area contributed by atoms with Crippen molar-refractivity contribution in [2.24, 2.45) is 22.1 Å². The van der Waals surface area contributed by atoms with Crippen molar-refractivity contribution in [1.82, 2.24) is 0 Å². The van der Waals surface area contributed by atoms with Crippen molar-refractivity contribution < 1.29 is 4.74 Å². The van der Waals surface area contributed by atoms with Crippen LogP contribution in [0.25, 0.3) is 0 Å². The van der Waals surface area contributed by atoms with E-state index in [4.69, 9.17) is 15.5 Å². The third kappa shape index (κ3) is 2.69. The second-order valence-corrected chi connectivity index (χ2v) is 8.07. The maximum absolute atomic E-state index is 6.33. The van der Waals surface area contributed by atoms with Gasteiger partial charge in [-0.2, -0.15) is 0 Å². The first-order valence-corrected chi connectivity index (χ1v) is 9.61. The van der Waals surface area contributed by atoms with Crippen LogP contribution < -0.4 is 11.1 Å². The van der Waals surface area contributed by atoms with E-state index in [1.807, 2.05) is 0 Å². The molecular weight excluding hydrogens is 425 g/mol. The molecule has 4 nitrogen and oxygen atoms in total. The quantitative estimate of drug-likeness (QED) is 0.406. The van der Waals surface area contributed by atoms with Crippen LogP contribution in [0.2, 0.25) is 0 Å². The van der Waals surface area contributed by atoms with Gasteiger partial charge in [0.1, 0.15) is 0 Å². The maximum Gasteiger partial charge on any atom is 0.193 e. The van der Waals surface area contributed by atoms with E-state index in [1.165, 1.54) is 49.7 Å². The van der Waals surface area contributed by atoms with Crippen molar-refractivity contribution in [1.29, 1.82) is 0 Å². The normalized spacial score (nSPS) is 32.0. The lowest BCUT2D eigenvalue weighted by molar-refractivity contribution is -0.164. The minimum absolute atomic E-state index is 0. The summed E-state index contributed by atoms with van der Waals surface area (Å²) in [4.78, 5) is 4.95. The Hall–Kier alpha value is -0.820. The zero-order chi connectivity index (χ0) is 16.1. The van der Waals surface area contributed by atoms with Gasteiger partial charge in [0, 0.05) is 23.6 Å². The van der Waals surface area contributed by atoms with E-state index >= 15 is 0 Å². The highest BCUT2D eigenvalue weighted by atomic mass is 127. The lowest BCUT2D eigenvalue weighted by atomic mass is 9.46. The van der Waals surface area contributed by atoms with Crippen LogP contribution in [0, 0.1) is 11.3 Å². The van der Waals surface area contributed by atoms with Gasteiger partial charge in [0.05, 0.1) is 12.1 Å². The molecule has 4 aliphatic rings. The molecule has 25 heavy (non-hydrogen) atoms. The molecule has 0 bridgehead atoms. The number of fused-ring (bicyclic) bond motifs is 3. The van der Waals surface area contributed by atoms with E-state index in [2.05, 4.69) is 23.5 Å². The van der Waals surface area contributed by atoms with Crippen molar-refractivity contribution in [3.05, 3.63) is 29.3 Å². The van der Waals surface area contributed by atoms with Crippen LogP contribution in [0.4, 0.5) is 5.69 Å². The summed E-state index contributed by atoms with van der Waals surface area (Å²) in [6.07, 6.45) is 10.4. The van der Waals surface area contributed by atoms with Gasteiger partial charge in [0.15, 0.2) is 5.96 Å². The number of aryl methyl sites for hydroxylation is 1. The van der Waals surface area contributed by atoms with Crippen LogP contribution in [-0.2, 0) is 17.6 Å². The van der Waals surface area contributed by atoms with E-state index in [1.54, 1.807) is 0 Å². The molecular formula is C20H28IN3O. The summed E-state index contributed by atoms with van der Waals surface area (Å²) in [6.45, 7) is 0.905. The number of benzene rings is 1. The van der Waals surface area contributed by atoms with Crippen molar-refractivity contribution in [3.8, 4) is 0 Å². The van der Waals surface area contributed by atoms with Gasteiger partial charge in [-0.1, -0.05) is 18.6 Å². The molecule has 136 valence electrons. The first kappa shape index (κ1) is 17.6. The van der Waals surface area contributed by atoms with Crippen molar-refractivity contribution in [2.45, 2.75) is 63.5 Å². The second-order valence-electron chi connectivity index (χ2n) is 8.07. The number of aliphatic imine (C=N–C) groups is 1. The Balaban J connectivity index is 0.00000157. The standard InChI is InChI=1S/C20H27N3O.HI/c21-19(22-16-8-3-6-13-5-1-2-7-14(13)16)23-17-15-9-12-24-18(15)20(17)10-4-11-20;/h3,6,8,15,17-18H,1-2,4-5,7,9-12H2,(H3,21,22,23);1H. The van der Waals surface area contributed by atoms with Crippen LogP contribution in [0.3, 0.4) is 0 Å². The first-order chi connectivity index (χ1) is 11.8. The summed E-state index contributed by atoms with van der Waals surface area (Å²) in [5.74, 6) is 1.19. The minimum Gasteiger partial charge on any atom is -0.377 e. The van der Waals surface area contributed by atoms with E-state index in [0.717, 1.165) is 25.1 Å². The Morgan fingerprint density at radius 1 is 1.20 bits per heavy atom. The molecule has 1 aromatic rings. The topological polar surface area (TPSA) is 59.6 Å². The molecule has 1 spiro atoms. The SMILES string of the molecule is I.NC(=NC1C2CCOC2C12CCC2)Nc1cccc2c1CCCC2. The van der Waals surface area contributed by atoms with Crippen LogP contribution in [0.5, 0.6) is 0 Å². The summed E-state index contributed by atoms with van der Waals surface area (Å²) in [5, 5.41) is 3.42. The molecule has 2 saturated carbocycles. The lowest BCUT2D eigenvalue weighted by Gasteiger charge is -2.61. The van der Waals surface area contributed by atoms with Crippen molar-refractivity contribution >= 4 is 35.6 Å². The molecule has 0 radical (unpaired) electrons. The number of ether oxygens (including phenoxy) is 1. The van der Waals surface area contributed by atoms with Crippen LogP contribution in [-0.4, -0.2) is 24.7 Å². The fraction of sp³-hybridized carbons (Fsp3) is 0.650. The number of nitrogens with one attached hydrogen (secondary N) is 1. The molecule has 5 rings (SSSR count). The predicted octanol–water partition coefficient (Wildman–Crippen LogP) is 3.87. The summed E-state index contributed by atoms with van der Waals surface area (Å²) < 4.78 is 5.98. The largest absolute Gasteiger partial charge is 0.377 e. The molecule has 3 aliphatic carbocycles.